The monoisotopic (exact) mass is 467 g/mol. The van der Waals surface area contributed by atoms with Crippen LogP contribution in [-0.4, -0.2) is 23.7 Å². The average Bonchev–Trinajstić information content (AvgIpc) is 3.29. The van der Waals surface area contributed by atoms with Crippen LogP contribution in [-0.2, 0) is 5.41 Å². The highest BCUT2D eigenvalue weighted by Gasteiger charge is 2.24. The van der Waals surface area contributed by atoms with Crippen molar-refractivity contribution < 1.29 is 14.0 Å². The number of benzene rings is 3. The third-order valence-electron chi connectivity index (χ3n) is 5.83. The molecule has 2 N–H and O–H groups in total. The molecule has 35 heavy (non-hydrogen) atoms. The van der Waals surface area contributed by atoms with Crippen LogP contribution in [0.4, 0.5) is 11.4 Å². The normalized spacial score (nSPS) is 11.2. The molecule has 0 aliphatic carbocycles. The van der Waals surface area contributed by atoms with E-state index in [9.17, 15) is 9.59 Å². The van der Waals surface area contributed by atoms with Crippen LogP contribution in [0.2, 0.25) is 0 Å². The molecule has 0 atom stereocenters. The van der Waals surface area contributed by atoms with Gasteiger partial charge in [-0.2, -0.15) is 0 Å². The number of nitrogens with zero attached hydrogens (tertiary/aromatic N) is 1. The minimum atomic E-state index is -0.451. The highest BCUT2D eigenvalue weighted by atomic mass is 16.4. The maximum absolute atomic E-state index is 13.4. The first-order valence-corrected chi connectivity index (χ1v) is 11.5. The van der Waals surface area contributed by atoms with Crippen molar-refractivity contribution in [2.75, 3.05) is 17.7 Å². The molecule has 178 valence electrons. The molecule has 6 nitrogen and oxygen atoms in total. The summed E-state index contributed by atoms with van der Waals surface area (Å²) in [6, 6.07) is 22.5. The van der Waals surface area contributed by atoms with Crippen LogP contribution in [0.3, 0.4) is 0 Å². The molecule has 1 heterocycles. The van der Waals surface area contributed by atoms with E-state index in [0.717, 1.165) is 16.8 Å². The largest absolute Gasteiger partial charge is 0.435 e. The Morgan fingerprint density at radius 1 is 0.857 bits per heavy atom. The molecule has 0 aliphatic rings. The summed E-state index contributed by atoms with van der Waals surface area (Å²) < 4.78 is 6.16. The molecular formula is C29H29N3O3. The molecular weight excluding hydrogens is 438 g/mol. The second kappa shape index (κ2) is 9.58. The van der Waals surface area contributed by atoms with Gasteiger partial charge in [-0.05, 0) is 66.4 Å². The second-order valence-corrected chi connectivity index (χ2v) is 9.41. The number of hydrogen-bond donors (Lipinski definition) is 2. The summed E-state index contributed by atoms with van der Waals surface area (Å²) in [6.45, 7) is 7.93. The number of anilines is 2. The molecule has 0 fully saturated rings. The van der Waals surface area contributed by atoms with Gasteiger partial charge in [0.05, 0.1) is 5.69 Å². The second-order valence-electron chi connectivity index (χ2n) is 9.41. The van der Waals surface area contributed by atoms with Crippen molar-refractivity contribution in [1.29, 1.82) is 0 Å². The Hall–Kier alpha value is -4.19. The standard InChI is InChI=1S/C29H29N3O3/c1-18(33)23-8-6-7-9-24(23)31-27(34)25-26(19-12-16-22(30-5)17-13-19)35-28(32-25)20-10-14-21(15-11-20)29(2,3)4/h6-17,30H,1-5H3,(H,31,34). The molecule has 6 heteroatoms. The minimum Gasteiger partial charge on any atom is -0.435 e. The summed E-state index contributed by atoms with van der Waals surface area (Å²) >= 11 is 0. The predicted molar refractivity (Wildman–Crippen MR) is 140 cm³/mol. The molecule has 0 bridgehead atoms. The number of nitrogens with one attached hydrogen (secondary N) is 2. The highest BCUT2D eigenvalue weighted by Crippen LogP contribution is 2.32. The Morgan fingerprint density at radius 3 is 2.09 bits per heavy atom. The van der Waals surface area contributed by atoms with Gasteiger partial charge in [-0.25, -0.2) is 4.98 Å². The Bertz CT molecular complexity index is 1360. The fourth-order valence-corrected chi connectivity index (χ4v) is 3.77. The summed E-state index contributed by atoms with van der Waals surface area (Å²) in [5.74, 6) is 0.125. The Morgan fingerprint density at radius 2 is 1.49 bits per heavy atom. The lowest BCUT2D eigenvalue weighted by Gasteiger charge is -2.18. The number of amides is 1. The molecule has 0 saturated heterocycles. The van der Waals surface area contributed by atoms with Crippen LogP contribution in [0.15, 0.2) is 77.2 Å². The molecule has 0 radical (unpaired) electrons. The lowest BCUT2D eigenvalue weighted by molar-refractivity contribution is 0.101. The molecule has 0 unspecified atom stereocenters. The number of carbonyl (C=O) groups is 2. The van der Waals surface area contributed by atoms with E-state index in [1.807, 2.05) is 55.6 Å². The molecule has 1 aromatic heterocycles. The van der Waals surface area contributed by atoms with Crippen molar-refractivity contribution in [3.8, 4) is 22.8 Å². The van der Waals surface area contributed by atoms with E-state index in [-0.39, 0.29) is 16.9 Å². The van der Waals surface area contributed by atoms with Crippen molar-refractivity contribution in [1.82, 2.24) is 4.98 Å². The number of Topliss-reactive ketones (excluding diaryl/α,β-unsaturated/α-hetero) is 1. The summed E-state index contributed by atoms with van der Waals surface area (Å²) in [7, 11) is 1.84. The van der Waals surface area contributed by atoms with Gasteiger partial charge in [-0.15, -0.1) is 0 Å². The maximum Gasteiger partial charge on any atom is 0.278 e. The zero-order valence-electron chi connectivity index (χ0n) is 20.6. The molecule has 0 saturated carbocycles. The number of hydrogen-bond acceptors (Lipinski definition) is 5. The van der Waals surface area contributed by atoms with E-state index in [4.69, 9.17) is 4.42 Å². The highest BCUT2D eigenvalue weighted by molar-refractivity contribution is 6.10. The van der Waals surface area contributed by atoms with Crippen molar-refractivity contribution in [3.05, 3.63) is 89.6 Å². The summed E-state index contributed by atoms with van der Waals surface area (Å²) in [4.78, 5) is 30.0. The third kappa shape index (κ3) is 5.17. The molecule has 0 spiro atoms. The number of aromatic nitrogens is 1. The van der Waals surface area contributed by atoms with E-state index in [1.54, 1.807) is 24.3 Å². The first-order valence-electron chi connectivity index (χ1n) is 11.5. The van der Waals surface area contributed by atoms with Crippen LogP contribution >= 0.6 is 0 Å². The smallest absolute Gasteiger partial charge is 0.278 e. The van der Waals surface area contributed by atoms with Crippen LogP contribution in [0.25, 0.3) is 22.8 Å². The summed E-state index contributed by atoms with van der Waals surface area (Å²) in [5.41, 5.74) is 4.65. The fourth-order valence-electron chi connectivity index (χ4n) is 3.77. The van der Waals surface area contributed by atoms with Crippen molar-refractivity contribution in [2.45, 2.75) is 33.1 Å². The number of para-hydroxylation sites is 1. The van der Waals surface area contributed by atoms with Crippen molar-refractivity contribution in [2.24, 2.45) is 0 Å². The van der Waals surface area contributed by atoms with Crippen molar-refractivity contribution in [3.63, 3.8) is 0 Å². The number of rotatable bonds is 6. The fraction of sp³-hybridized carbons (Fsp3) is 0.207. The minimum absolute atomic E-state index is 0.0183. The number of carbonyl (C=O) groups excluding carboxylic acids is 2. The molecule has 4 rings (SSSR count). The molecule has 3 aromatic carbocycles. The van der Waals surface area contributed by atoms with E-state index in [1.165, 1.54) is 12.5 Å². The Balaban J connectivity index is 1.76. The maximum atomic E-state index is 13.4. The Kier molecular flexibility index (Phi) is 6.56. The van der Waals surface area contributed by atoms with Crippen LogP contribution in [0, 0.1) is 0 Å². The van der Waals surface area contributed by atoms with Gasteiger partial charge in [-0.1, -0.05) is 45.0 Å². The van der Waals surface area contributed by atoms with Gasteiger partial charge >= 0.3 is 0 Å². The molecule has 0 aliphatic heterocycles. The van der Waals surface area contributed by atoms with Gasteiger partial charge in [0, 0.05) is 29.4 Å². The zero-order valence-corrected chi connectivity index (χ0v) is 20.6. The SMILES string of the molecule is CNc1ccc(-c2oc(-c3ccc(C(C)(C)C)cc3)nc2C(=O)Nc2ccccc2C(C)=O)cc1. The first-order chi connectivity index (χ1) is 16.7. The van der Waals surface area contributed by atoms with Gasteiger partial charge in [0.15, 0.2) is 17.2 Å². The number of oxazole rings is 1. The average molecular weight is 468 g/mol. The lowest BCUT2D eigenvalue weighted by atomic mass is 9.87. The van der Waals surface area contributed by atoms with Gasteiger partial charge in [0.25, 0.3) is 5.91 Å². The van der Waals surface area contributed by atoms with Crippen molar-refractivity contribution >= 4 is 23.1 Å². The van der Waals surface area contributed by atoms with E-state index >= 15 is 0 Å². The van der Waals surface area contributed by atoms with E-state index in [2.05, 4.69) is 36.4 Å². The lowest BCUT2D eigenvalue weighted by Crippen LogP contribution is -2.15. The van der Waals surface area contributed by atoms with Crippen LogP contribution in [0.1, 0.15) is 54.1 Å². The van der Waals surface area contributed by atoms with Crippen LogP contribution < -0.4 is 10.6 Å². The predicted octanol–water partition coefficient (Wildman–Crippen LogP) is 6.80. The first kappa shape index (κ1) is 24.0. The van der Waals surface area contributed by atoms with E-state index < -0.39 is 5.91 Å². The number of ketones is 1. The Labute approximate surface area is 205 Å². The summed E-state index contributed by atoms with van der Waals surface area (Å²) in [5, 5.41) is 5.92. The molecule has 1 amide bonds. The summed E-state index contributed by atoms with van der Waals surface area (Å²) in [6.07, 6.45) is 0. The van der Waals surface area contributed by atoms with Gasteiger partial charge in [-0.3, -0.25) is 9.59 Å². The topological polar surface area (TPSA) is 84.2 Å². The van der Waals surface area contributed by atoms with Gasteiger partial charge < -0.3 is 15.1 Å². The van der Waals surface area contributed by atoms with Crippen LogP contribution in [0.5, 0.6) is 0 Å². The van der Waals surface area contributed by atoms with E-state index in [0.29, 0.717) is 22.9 Å². The van der Waals surface area contributed by atoms with Gasteiger partial charge in [0.2, 0.25) is 5.89 Å². The molecule has 4 aromatic rings. The zero-order chi connectivity index (χ0) is 25.2. The third-order valence-corrected chi connectivity index (χ3v) is 5.83. The quantitative estimate of drug-likeness (QED) is 0.305. The van der Waals surface area contributed by atoms with Gasteiger partial charge in [0.1, 0.15) is 0 Å².